The van der Waals surface area contributed by atoms with Gasteiger partial charge in [0.05, 0.1) is 19.2 Å². The molecule has 96 valence electrons. The zero-order chi connectivity index (χ0) is 13.7. The van der Waals surface area contributed by atoms with E-state index in [1.807, 2.05) is 18.2 Å². The zero-order valence-corrected chi connectivity index (χ0v) is 10.3. The third-order valence-corrected chi connectivity index (χ3v) is 2.47. The van der Waals surface area contributed by atoms with Crippen LogP contribution in [0.25, 0.3) is 11.3 Å². The van der Waals surface area contributed by atoms with Crippen molar-refractivity contribution in [3.8, 4) is 29.4 Å². The van der Waals surface area contributed by atoms with Crippen molar-refractivity contribution < 1.29 is 14.1 Å². The summed E-state index contributed by atoms with van der Waals surface area (Å²) in [5, 5.41) is 6.22. The summed E-state index contributed by atoms with van der Waals surface area (Å²) < 4.78 is 10.4. The Morgan fingerprint density at radius 1 is 1.53 bits per heavy atom. The molecule has 0 unspecified atom stereocenters. The Hall–Kier alpha value is -2.74. The number of amides is 1. The van der Waals surface area contributed by atoms with Crippen LogP contribution in [0, 0.1) is 12.3 Å². The lowest BCUT2D eigenvalue weighted by Crippen LogP contribution is -2.23. The minimum absolute atomic E-state index is 0.148. The molecule has 1 amide bonds. The highest BCUT2D eigenvalue weighted by molar-refractivity contribution is 5.93. The average molecular weight is 256 g/mol. The van der Waals surface area contributed by atoms with E-state index in [1.165, 1.54) is 0 Å². The predicted octanol–water partition coefficient (Wildman–Crippen LogP) is 1.71. The van der Waals surface area contributed by atoms with Crippen LogP contribution in [0.5, 0.6) is 5.75 Å². The molecule has 1 heterocycles. The summed E-state index contributed by atoms with van der Waals surface area (Å²) >= 11 is 0. The molecule has 1 N–H and O–H groups in total. The van der Waals surface area contributed by atoms with Gasteiger partial charge >= 0.3 is 0 Å². The predicted molar refractivity (Wildman–Crippen MR) is 69.7 cm³/mol. The van der Waals surface area contributed by atoms with Crippen LogP contribution in [-0.4, -0.2) is 24.7 Å². The second-order valence-electron chi connectivity index (χ2n) is 3.66. The van der Waals surface area contributed by atoms with Crippen LogP contribution >= 0.6 is 0 Å². The molecule has 0 saturated carbocycles. The zero-order valence-electron chi connectivity index (χ0n) is 10.3. The third kappa shape index (κ3) is 2.75. The van der Waals surface area contributed by atoms with Crippen LogP contribution in [-0.2, 0) is 0 Å². The number of hydrogen-bond donors (Lipinski definition) is 1. The van der Waals surface area contributed by atoms with Crippen LogP contribution in [0.4, 0.5) is 0 Å². The number of terminal acetylenes is 1. The lowest BCUT2D eigenvalue weighted by atomic mass is 10.1. The number of para-hydroxylation sites is 1. The van der Waals surface area contributed by atoms with Gasteiger partial charge in [0.15, 0.2) is 11.5 Å². The van der Waals surface area contributed by atoms with Crippen molar-refractivity contribution in [3.63, 3.8) is 0 Å². The molecule has 0 aliphatic rings. The van der Waals surface area contributed by atoms with Crippen LogP contribution < -0.4 is 10.1 Å². The lowest BCUT2D eigenvalue weighted by molar-refractivity contribution is 0.0950. The van der Waals surface area contributed by atoms with Crippen LogP contribution in [0.2, 0.25) is 0 Å². The number of ether oxygens (including phenoxy) is 1. The summed E-state index contributed by atoms with van der Waals surface area (Å²) in [6.07, 6.45) is 5.06. The highest BCUT2D eigenvalue weighted by Crippen LogP contribution is 2.29. The molecule has 5 nitrogen and oxygen atoms in total. The molecule has 19 heavy (non-hydrogen) atoms. The Morgan fingerprint density at radius 3 is 3.05 bits per heavy atom. The summed E-state index contributed by atoms with van der Waals surface area (Å²) in [4.78, 5) is 11.6. The molecule has 1 aromatic heterocycles. The van der Waals surface area contributed by atoms with Gasteiger partial charge in [-0.25, -0.2) is 0 Å². The molecule has 5 heteroatoms. The van der Waals surface area contributed by atoms with E-state index in [9.17, 15) is 4.79 Å². The standard InChI is InChI=1S/C14H12N2O3/c1-3-8-15-14(17)11-9-13(19-16-11)10-6-4-5-7-12(10)18-2/h1,4-7,9H,8H2,2H3,(H,15,17). The van der Waals surface area contributed by atoms with Crippen LogP contribution in [0.15, 0.2) is 34.9 Å². The van der Waals surface area contributed by atoms with Crippen LogP contribution in [0.3, 0.4) is 0 Å². The molecule has 1 aromatic carbocycles. The molecular weight excluding hydrogens is 244 g/mol. The summed E-state index contributed by atoms with van der Waals surface area (Å²) in [6, 6.07) is 8.86. The summed E-state index contributed by atoms with van der Waals surface area (Å²) in [5.74, 6) is 3.05. The van der Waals surface area contributed by atoms with Gasteiger partial charge in [0, 0.05) is 6.07 Å². The maximum absolute atomic E-state index is 11.6. The highest BCUT2D eigenvalue weighted by Gasteiger charge is 2.15. The SMILES string of the molecule is C#CCNC(=O)c1cc(-c2ccccc2OC)on1. The quantitative estimate of drug-likeness (QED) is 0.846. The van der Waals surface area contributed by atoms with Crippen molar-refractivity contribution >= 4 is 5.91 Å². The smallest absolute Gasteiger partial charge is 0.274 e. The minimum atomic E-state index is -0.372. The fraction of sp³-hybridized carbons (Fsp3) is 0.143. The van der Waals surface area contributed by atoms with Gasteiger partial charge in [-0.2, -0.15) is 0 Å². The molecule has 2 aromatic rings. The molecule has 0 aliphatic carbocycles. The normalized spacial score (nSPS) is 9.68. The molecule has 0 spiro atoms. The molecule has 0 radical (unpaired) electrons. The number of nitrogens with zero attached hydrogens (tertiary/aromatic N) is 1. The van der Waals surface area contributed by atoms with Crippen LogP contribution in [0.1, 0.15) is 10.5 Å². The first-order chi connectivity index (χ1) is 9.26. The molecule has 0 atom stereocenters. The van der Waals surface area contributed by atoms with Gasteiger partial charge < -0.3 is 14.6 Å². The van der Waals surface area contributed by atoms with Gasteiger partial charge in [-0.1, -0.05) is 23.2 Å². The Morgan fingerprint density at radius 2 is 2.32 bits per heavy atom. The van der Waals surface area contributed by atoms with E-state index in [0.29, 0.717) is 11.5 Å². The second-order valence-corrected chi connectivity index (χ2v) is 3.66. The van der Waals surface area contributed by atoms with Gasteiger partial charge in [0.2, 0.25) is 0 Å². The van der Waals surface area contributed by atoms with E-state index in [-0.39, 0.29) is 18.1 Å². The minimum Gasteiger partial charge on any atom is -0.496 e. The van der Waals surface area contributed by atoms with Crippen molar-refractivity contribution in [2.24, 2.45) is 0 Å². The second kappa shape index (κ2) is 5.74. The van der Waals surface area contributed by atoms with E-state index in [4.69, 9.17) is 15.7 Å². The van der Waals surface area contributed by atoms with Crippen molar-refractivity contribution in [1.29, 1.82) is 0 Å². The van der Waals surface area contributed by atoms with Gasteiger partial charge in [-0.15, -0.1) is 6.42 Å². The van der Waals surface area contributed by atoms with Gasteiger partial charge in [0.25, 0.3) is 5.91 Å². The number of carbonyl (C=O) groups is 1. The fourth-order valence-electron chi connectivity index (χ4n) is 1.58. The molecular formula is C14H12N2O3. The maximum Gasteiger partial charge on any atom is 0.274 e. The number of hydrogen-bond acceptors (Lipinski definition) is 4. The van der Waals surface area contributed by atoms with Crippen molar-refractivity contribution in [2.45, 2.75) is 0 Å². The van der Waals surface area contributed by atoms with Crippen molar-refractivity contribution in [1.82, 2.24) is 10.5 Å². The maximum atomic E-state index is 11.6. The third-order valence-electron chi connectivity index (χ3n) is 2.47. The van der Waals surface area contributed by atoms with Crippen molar-refractivity contribution in [3.05, 3.63) is 36.0 Å². The number of methoxy groups -OCH3 is 1. The molecule has 0 bridgehead atoms. The largest absolute Gasteiger partial charge is 0.496 e. The number of benzene rings is 1. The van der Waals surface area contributed by atoms with Crippen molar-refractivity contribution in [2.75, 3.05) is 13.7 Å². The summed E-state index contributed by atoms with van der Waals surface area (Å²) in [7, 11) is 1.57. The Kier molecular flexibility index (Phi) is 3.84. The van der Waals surface area contributed by atoms with E-state index >= 15 is 0 Å². The van der Waals surface area contributed by atoms with E-state index < -0.39 is 0 Å². The van der Waals surface area contributed by atoms with Gasteiger partial charge in [-0.3, -0.25) is 4.79 Å². The molecule has 0 fully saturated rings. The summed E-state index contributed by atoms with van der Waals surface area (Å²) in [6.45, 7) is 0.148. The summed E-state index contributed by atoms with van der Waals surface area (Å²) in [5.41, 5.74) is 0.907. The monoisotopic (exact) mass is 256 g/mol. The Bertz CT molecular complexity index is 626. The number of nitrogens with one attached hydrogen (secondary N) is 1. The lowest BCUT2D eigenvalue weighted by Gasteiger charge is -2.03. The number of carbonyl (C=O) groups excluding carboxylic acids is 1. The Labute approximate surface area is 110 Å². The fourth-order valence-corrected chi connectivity index (χ4v) is 1.58. The van der Waals surface area contributed by atoms with E-state index in [2.05, 4.69) is 16.4 Å². The Balaban J connectivity index is 2.26. The first kappa shape index (κ1) is 12.7. The number of aromatic nitrogens is 1. The van der Waals surface area contributed by atoms with Gasteiger partial charge in [0.1, 0.15) is 5.75 Å². The van der Waals surface area contributed by atoms with E-state index in [1.54, 1.807) is 19.2 Å². The number of rotatable bonds is 4. The molecule has 0 aliphatic heterocycles. The molecule has 2 rings (SSSR count). The molecule has 0 saturated heterocycles. The first-order valence-corrected chi connectivity index (χ1v) is 5.58. The van der Waals surface area contributed by atoms with Gasteiger partial charge in [-0.05, 0) is 12.1 Å². The average Bonchev–Trinajstić information content (AvgIpc) is 2.94. The highest BCUT2D eigenvalue weighted by atomic mass is 16.5. The topological polar surface area (TPSA) is 64.4 Å². The first-order valence-electron chi connectivity index (χ1n) is 5.58. The van der Waals surface area contributed by atoms with E-state index in [0.717, 1.165) is 5.56 Å².